The quantitative estimate of drug-likeness (QED) is 0.157. The van der Waals surface area contributed by atoms with E-state index >= 15 is 0 Å². The third kappa shape index (κ3) is 7.81. The molecule has 0 saturated heterocycles. The Kier molecular flexibility index (Phi) is 9.25. The predicted octanol–water partition coefficient (Wildman–Crippen LogP) is 7.92. The van der Waals surface area contributed by atoms with Crippen LogP contribution in [0.25, 0.3) is 21.7 Å². The number of thiazole rings is 1. The number of anilines is 2. The van der Waals surface area contributed by atoms with Crippen LogP contribution in [0.3, 0.4) is 0 Å². The van der Waals surface area contributed by atoms with Crippen molar-refractivity contribution in [2.75, 3.05) is 11.4 Å². The first-order valence-electron chi connectivity index (χ1n) is 13.5. The topological polar surface area (TPSA) is 91.8 Å². The van der Waals surface area contributed by atoms with Gasteiger partial charge in [0, 0.05) is 23.4 Å². The Labute approximate surface area is 255 Å². The van der Waals surface area contributed by atoms with E-state index in [1.54, 1.807) is 24.3 Å². The molecule has 11 heteroatoms. The first-order chi connectivity index (χ1) is 21.2. The molecule has 5 rings (SSSR count). The van der Waals surface area contributed by atoms with Gasteiger partial charge in [-0.1, -0.05) is 84.1 Å². The van der Waals surface area contributed by atoms with Crippen LogP contribution in [-0.2, 0) is 11.3 Å². The maximum Gasteiger partial charge on any atom is 0.573 e. The van der Waals surface area contributed by atoms with E-state index in [1.165, 1.54) is 35.6 Å². The maximum atomic E-state index is 12.8. The van der Waals surface area contributed by atoms with Gasteiger partial charge in [0.05, 0.1) is 23.5 Å². The lowest BCUT2D eigenvalue weighted by Crippen LogP contribution is -2.26. The summed E-state index contributed by atoms with van der Waals surface area (Å²) >= 11 is 1.45. The Balaban J connectivity index is 1.51. The first kappa shape index (κ1) is 30.3. The van der Waals surface area contributed by atoms with Gasteiger partial charge in [0.15, 0.2) is 5.13 Å². The Bertz CT molecular complexity index is 1650. The van der Waals surface area contributed by atoms with Gasteiger partial charge in [-0.25, -0.2) is 4.98 Å². The number of alkyl halides is 3. The lowest BCUT2D eigenvalue weighted by molar-refractivity contribution is -0.274. The minimum atomic E-state index is -4.81. The van der Waals surface area contributed by atoms with E-state index in [4.69, 9.17) is 10.1 Å². The van der Waals surface area contributed by atoms with Crippen molar-refractivity contribution in [3.63, 3.8) is 0 Å². The van der Waals surface area contributed by atoms with Gasteiger partial charge in [0.25, 0.3) is 5.91 Å². The zero-order chi connectivity index (χ0) is 31.1. The second-order valence-electron chi connectivity index (χ2n) is 9.63. The van der Waals surface area contributed by atoms with Gasteiger partial charge < -0.3 is 20.1 Å². The number of amides is 1. The van der Waals surface area contributed by atoms with Crippen LogP contribution >= 0.6 is 11.3 Å². The van der Waals surface area contributed by atoms with Crippen molar-refractivity contribution in [1.82, 2.24) is 10.3 Å². The number of nitrogens with one attached hydrogen (secondary N) is 1. The highest BCUT2D eigenvalue weighted by atomic mass is 32.1. The van der Waals surface area contributed by atoms with Crippen molar-refractivity contribution >= 4 is 34.0 Å². The molecule has 2 N–H and O–H groups in total. The Morgan fingerprint density at radius 3 is 2.05 bits per heavy atom. The molecular weight excluding hydrogens is 591 g/mol. The number of ether oxygens (including phenoxy) is 1. The van der Waals surface area contributed by atoms with E-state index in [0.29, 0.717) is 16.4 Å². The van der Waals surface area contributed by atoms with Crippen molar-refractivity contribution < 1.29 is 32.6 Å². The van der Waals surface area contributed by atoms with Crippen LogP contribution in [0.5, 0.6) is 5.75 Å². The summed E-state index contributed by atoms with van der Waals surface area (Å²) in [5.74, 6) is -1.74. The second-order valence-corrected chi connectivity index (χ2v) is 10.6. The number of benzene rings is 4. The number of carbonyl (C=O) groups is 2. The maximum absolute atomic E-state index is 12.8. The number of carbonyl (C=O) groups excluding carboxylic acids is 1. The molecule has 0 atom stereocenters. The van der Waals surface area contributed by atoms with E-state index in [2.05, 4.69) is 10.1 Å². The fourth-order valence-electron chi connectivity index (χ4n) is 4.43. The minimum absolute atomic E-state index is 0.00921. The standard InChI is InChI=1S/C33H26F3N3O4S/c34-33(35,36)43-27-17-15-26(16-18-27)39(21-22-11-13-25(14-12-22)31(42)37-20-19-28(40)41)32-38-29(23-7-3-1-4-8-23)30(44-32)24-9-5-2-6-10-24/h1-18H,19-21H2,(H,37,42)(H,40,41). The molecule has 7 nitrogen and oxygen atoms in total. The number of hydrogen-bond donors (Lipinski definition) is 2. The van der Waals surface area contributed by atoms with Gasteiger partial charge in [0.2, 0.25) is 0 Å². The Morgan fingerprint density at radius 1 is 0.841 bits per heavy atom. The number of aromatic nitrogens is 1. The van der Waals surface area contributed by atoms with E-state index in [9.17, 15) is 22.8 Å². The molecule has 1 aromatic heterocycles. The summed E-state index contributed by atoms with van der Waals surface area (Å²) in [5.41, 5.74) is 4.42. The zero-order valence-corrected chi connectivity index (χ0v) is 23.9. The third-order valence-electron chi connectivity index (χ3n) is 6.49. The van der Waals surface area contributed by atoms with E-state index in [-0.39, 0.29) is 25.3 Å². The highest BCUT2D eigenvalue weighted by Crippen LogP contribution is 2.43. The molecule has 0 saturated carbocycles. The van der Waals surface area contributed by atoms with Crippen LogP contribution in [0, 0.1) is 0 Å². The van der Waals surface area contributed by atoms with Crippen LogP contribution < -0.4 is 15.0 Å². The third-order valence-corrected chi connectivity index (χ3v) is 7.62. The fraction of sp³-hybridized carbons (Fsp3) is 0.121. The van der Waals surface area contributed by atoms with Crippen molar-refractivity contribution in [2.24, 2.45) is 0 Å². The van der Waals surface area contributed by atoms with Gasteiger partial charge in [-0.15, -0.1) is 13.2 Å². The van der Waals surface area contributed by atoms with Gasteiger partial charge in [-0.05, 0) is 47.5 Å². The molecule has 44 heavy (non-hydrogen) atoms. The van der Waals surface area contributed by atoms with Crippen molar-refractivity contribution in [3.05, 3.63) is 120 Å². The monoisotopic (exact) mass is 617 g/mol. The average molecular weight is 618 g/mol. The van der Waals surface area contributed by atoms with Gasteiger partial charge in [0.1, 0.15) is 5.75 Å². The summed E-state index contributed by atoms with van der Waals surface area (Å²) in [4.78, 5) is 31.0. The molecule has 0 aliphatic rings. The minimum Gasteiger partial charge on any atom is -0.481 e. The lowest BCUT2D eigenvalue weighted by atomic mass is 10.1. The molecule has 0 fully saturated rings. The Hall–Kier alpha value is -5.16. The number of nitrogens with zero attached hydrogens (tertiary/aromatic N) is 2. The van der Waals surface area contributed by atoms with Gasteiger partial charge in [-0.3, -0.25) is 9.59 Å². The van der Waals surface area contributed by atoms with Gasteiger partial charge >= 0.3 is 12.3 Å². The van der Waals surface area contributed by atoms with E-state index < -0.39 is 18.2 Å². The van der Waals surface area contributed by atoms with Crippen molar-refractivity contribution in [3.8, 4) is 27.4 Å². The molecule has 1 heterocycles. The number of halogens is 3. The zero-order valence-electron chi connectivity index (χ0n) is 23.1. The number of hydrogen-bond acceptors (Lipinski definition) is 6. The summed E-state index contributed by atoms with van der Waals surface area (Å²) < 4.78 is 42.5. The van der Waals surface area contributed by atoms with Crippen molar-refractivity contribution in [1.29, 1.82) is 0 Å². The summed E-state index contributed by atoms with van der Waals surface area (Å²) in [6.45, 7) is 0.297. The summed E-state index contributed by atoms with van der Waals surface area (Å²) in [5, 5.41) is 12.0. The largest absolute Gasteiger partial charge is 0.573 e. The van der Waals surface area contributed by atoms with Crippen molar-refractivity contribution in [2.45, 2.75) is 19.3 Å². The average Bonchev–Trinajstić information content (AvgIpc) is 3.46. The molecule has 4 aromatic carbocycles. The molecule has 0 bridgehead atoms. The summed E-state index contributed by atoms with van der Waals surface area (Å²) in [6, 6.07) is 31.9. The first-order valence-corrected chi connectivity index (χ1v) is 14.3. The van der Waals surface area contributed by atoms with E-state index in [1.807, 2.05) is 65.6 Å². The van der Waals surface area contributed by atoms with Crippen LogP contribution in [0.1, 0.15) is 22.3 Å². The number of aliphatic carboxylic acids is 1. The number of carboxylic acid groups (broad SMARTS) is 1. The number of carboxylic acids is 1. The molecule has 0 spiro atoms. The predicted molar refractivity (Wildman–Crippen MR) is 163 cm³/mol. The fourth-order valence-corrected chi connectivity index (χ4v) is 5.54. The molecule has 0 aliphatic heterocycles. The second kappa shape index (κ2) is 13.4. The molecule has 5 aromatic rings. The molecular formula is C33H26F3N3O4S. The lowest BCUT2D eigenvalue weighted by Gasteiger charge is -2.23. The smallest absolute Gasteiger partial charge is 0.481 e. The van der Waals surface area contributed by atoms with Gasteiger partial charge in [-0.2, -0.15) is 0 Å². The normalized spacial score (nSPS) is 11.2. The SMILES string of the molecule is O=C(O)CCNC(=O)c1ccc(CN(c2ccc(OC(F)(F)F)cc2)c2nc(-c3ccccc3)c(-c3ccccc3)s2)cc1. The highest BCUT2D eigenvalue weighted by Gasteiger charge is 2.31. The molecule has 0 aliphatic carbocycles. The van der Waals surface area contributed by atoms with Crippen LogP contribution in [0.15, 0.2) is 109 Å². The highest BCUT2D eigenvalue weighted by molar-refractivity contribution is 7.19. The van der Waals surface area contributed by atoms with Crippen LogP contribution in [-0.4, -0.2) is 34.9 Å². The molecule has 224 valence electrons. The summed E-state index contributed by atoms with van der Waals surface area (Å²) in [6.07, 6.45) is -5.00. The number of rotatable bonds is 11. The Morgan fingerprint density at radius 2 is 1.45 bits per heavy atom. The van der Waals surface area contributed by atoms with Crippen LogP contribution in [0.4, 0.5) is 24.0 Å². The molecule has 1 amide bonds. The van der Waals surface area contributed by atoms with E-state index in [0.717, 1.165) is 27.3 Å². The molecule has 0 radical (unpaired) electrons. The summed E-state index contributed by atoms with van der Waals surface area (Å²) in [7, 11) is 0. The van der Waals surface area contributed by atoms with Crippen LogP contribution in [0.2, 0.25) is 0 Å². The molecule has 0 unspecified atom stereocenters.